The summed E-state index contributed by atoms with van der Waals surface area (Å²) in [7, 11) is 0. The highest BCUT2D eigenvalue weighted by molar-refractivity contribution is 4.82. The molecule has 0 aromatic carbocycles. The second-order valence-corrected chi connectivity index (χ2v) is 1.45. The van der Waals surface area contributed by atoms with Crippen LogP contribution in [-0.4, -0.2) is 16.7 Å². The van der Waals surface area contributed by atoms with Crippen LogP contribution in [0.15, 0.2) is 12.1 Å². The third-order valence-electron chi connectivity index (χ3n) is 0.874. The molecule has 2 N–H and O–H groups in total. The smallest absolute Gasteiger partial charge is 0.317 e. The zero-order chi connectivity index (χ0) is 7.98. The summed E-state index contributed by atoms with van der Waals surface area (Å²) in [6, 6.07) is 0. The zero-order valence-electron chi connectivity index (χ0n) is 6.59. The molecule has 4 heteroatoms. The van der Waals surface area contributed by atoms with Crippen LogP contribution in [0.3, 0.4) is 0 Å². The number of hydrogen-bond acceptors (Lipinski definition) is 4. The molecule has 10 heavy (non-hydrogen) atoms. The maximum Gasteiger partial charge on any atom is 0.317 e. The van der Waals surface area contributed by atoms with E-state index in [4.69, 9.17) is 5.11 Å². The lowest BCUT2D eigenvalue weighted by atomic mass is 10.7. The van der Waals surface area contributed by atoms with Crippen molar-refractivity contribution in [3.05, 3.63) is 12.1 Å². The van der Waals surface area contributed by atoms with E-state index < -0.39 is 0 Å². The highest BCUT2D eigenvalue weighted by Crippen LogP contribution is 1.99. The van der Waals surface area contributed by atoms with E-state index in [2.05, 4.69) is 10.4 Å². The van der Waals surface area contributed by atoms with Crippen LogP contribution >= 0.6 is 0 Å². The first-order chi connectivity index (χ1) is 4.83. The predicted octanol–water partition coefficient (Wildman–Crippen LogP) is 1.14. The highest BCUT2D eigenvalue weighted by Gasteiger charge is 2.07. The van der Waals surface area contributed by atoms with Crippen LogP contribution < -0.4 is 5.59 Å². The van der Waals surface area contributed by atoms with Crippen LogP contribution in [0.1, 0.15) is 20.8 Å². The molecule has 0 spiro atoms. The Labute approximate surface area is 61.0 Å². The fourth-order valence-electron chi connectivity index (χ4n) is 0.447. The van der Waals surface area contributed by atoms with Crippen LogP contribution in [0.4, 0.5) is 0 Å². The Hall–Kier alpha value is -0.900. The normalized spacial score (nSPS) is 15.1. The van der Waals surface area contributed by atoms with Gasteiger partial charge in [0, 0.05) is 6.54 Å². The first-order valence-corrected chi connectivity index (χ1v) is 3.43. The van der Waals surface area contributed by atoms with Gasteiger partial charge in [0.15, 0.2) is 0 Å². The molecule has 0 radical (unpaired) electrons. The van der Waals surface area contributed by atoms with Crippen LogP contribution in [0.5, 0.6) is 0 Å². The van der Waals surface area contributed by atoms with Gasteiger partial charge in [-0.15, -0.1) is 0 Å². The lowest BCUT2D eigenvalue weighted by molar-refractivity contribution is -0.0192. The minimum atomic E-state index is -0.0909. The Morgan fingerprint density at radius 1 is 1.70 bits per heavy atom. The Bertz CT molecular complexity index is 114. The summed E-state index contributed by atoms with van der Waals surface area (Å²) in [5, 5.41) is 10.2. The molecule has 1 aliphatic heterocycles. The Balaban J connectivity index is 0.000000371. The molecule has 0 atom stereocenters. The van der Waals surface area contributed by atoms with Gasteiger partial charge in [-0.3, -0.25) is 5.01 Å². The molecule has 0 aromatic rings. The van der Waals surface area contributed by atoms with Crippen molar-refractivity contribution < 1.29 is 9.94 Å². The largest absolute Gasteiger partial charge is 0.479 e. The van der Waals surface area contributed by atoms with E-state index in [1.165, 1.54) is 6.20 Å². The standard InChI is InChI=1S/C4H8N2O2.C2H6/c1-2-6-3-4(7)8-5-6;1-2/h3,5,7H,2H2,1H3;1-2H3. The Kier molecular flexibility index (Phi) is 4.49. The van der Waals surface area contributed by atoms with Crippen molar-refractivity contribution in [1.82, 2.24) is 10.6 Å². The first-order valence-electron chi connectivity index (χ1n) is 3.43. The number of aliphatic hydroxyl groups is 1. The average Bonchev–Trinajstić information content (AvgIpc) is 2.40. The van der Waals surface area contributed by atoms with Gasteiger partial charge in [0.1, 0.15) is 6.20 Å². The van der Waals surface area contributed by atoms with Crippen LogP contribution in [0.2, 0.25) is 0 Å². The molecular formula is C6H14N2O2. The summed E-state index contributed by atoms with van der Waals surface area (Å²) >= 11 is 0. The second kappa shape index (κ2) is 4.93. The van der Waals surface area contributed by atoms with E-state index in [1.54, 1.807) is 5.01 Å². The fourth-order valence-corrected chi connectivity index (χ4v) is 0.447. The third-order valence-corrected chi connectivity index (χ3v) is 0.874. The van der Waals surface area contributed by atoms with E-state index in [1.807, 2.05) is 20.8 Å². The lowest BCUT2D eigenvalue weighted by Gasteiger charge is -2.07. The summed E-state index contributed by atoms with van der Waals surface area (Å²) in [5.41, 5.74) is 2.45. The Morgan fingerprint density at radius 2 is 2.30 bits per heavy atom. The highest BCUT2D eigenvalue weighted by atomic mass is 16.8. The SMILES string of the molecule is CC.CCN1C=C(O)ON1. The molecule has 0 unspecified atom stereocenters. The van der Waals surface area contributed by atoms with Gasteiger partial charge >= 0.3 is 5.95 Å². The molecule has 1 heterocycles. The molecule has 0 aliphatic carbocycles. The molecule has 0 bridgehead atoms. The van der Waals surface area contributed by atoms with Crippen molar-refractivity contribution >= 4 is 0 Å². The quantitative estimate of drug-likeness (QED) is 0.582. The number of nitrogens with zero attached hydrogens (tertiary/aromatic N) is 1. The first kappa shape index (κ1) is 9.10. The monoisotopic (exact) mass is 146 g/mol. The van der Waals surface area contributed by atoms with E-state index in [9.17, 15) is 0 Å². The van der Waals surface area contributed by atoms with Gasteiger partial charge in [-0.1, -0.05) is 19.4 Å². The molecule has 0 saturated carbocycles. The van der Waals surface area contributed by atoms with Crippen LogP contribution in [0.25, 0.3) is 0 Å². The molecule has 60 valence electrons. The van der Waals surface area contributed by atoms with Crippen LogP contribution in [0, 0.1) is 0 Å². The molecule has 1 rings (SSSR count). The van der Waals surface area contributed by atoms with Gasteiger partial charge in [-0.25, -0.2) is 0 Å². The molecule has 4 nitrogen and oxygen atoms in total. The summed E-state index contributed by atoms with van der Waals surface area (Å²) < 4.78 is 0. The van der Waals surface area contributed by atoms with Gasteiger partial charge in [-0.2, -0.15) is 0 Å². The minimum absolute atomic E-state index is 0.0909. The summed E-state index contributed by atoms with van der Waals surface area (Å²) in [5.74, 6) is -0.0909. The van der Waals surface area contributed by atoms with E-state index >= 15 is 0 Å². The number of rotatable bonds is 1. The molecule has 1 aliphatic rings. The minimum Gasteiger partial charge on any atom is -0.479 e. The molecule has 0 aromatic heterocycles. The maximum absolute atomic E-state index is 8.57. The van der Waals surface area contributed by atoms with Crippen molar-refractivity contribution in [3.8, 4) is 0 Å². The lowest BCUT2D eigenvalue weighted by Crippen LogP contribution is -2.26. The number of hydrazine groups is 1. The predicted molar refractivity (Wildman–Crippen MR) is 38.7 cm³/mol. The van der Waals surface area contributed by atoms with Gasteiger partial charge in [0.05, 0.1) is 0 Å². The van der Waals surface area contributed by atoms with Crippen molar-refractivity contribution in [3.63, 3.8) is 0 Å². The van der Waals surface area contributed by atoms with Gasteiger partial charge in [0.2, 0.25) is 0 Å². The van der Waals surface area contributed by atoms with Crippen LogP contribution in [-0.2, 0) is 4.84 Å². The number of hydrogen-bond donors (Lipinski definition) is 2. The maximum atomic E-state index is 8.57. The van der Waals surface area contributed by atoms with E-state index in [0.29, 0.717) is 0 Å². The Morgan fingerprint density at radius 3 is 2.50 bits per heavy atom. The van der Waals surface area contributed by atoms with Gasteiger partial charge in [0.25, 0.3) is 0 Å². The number of nitrogens with one attached hydrogen (secondary N) is 1. The van der Waals surface area contributed by atoms with Crippen molar-refractivity contribution in [2.75, 3.05) is 6.54 Å². The fraction of sp³-hybridized carbons (Fsp3) is 0.667. The third kappa shape index (κ3) is 2.59. The second-order valence-electron chi connectivity index (χ2n) is 1.45. The summed E-state index contributed by atoms with van der Waals surface area (Å²) in [4.78, 5) is 4.45. The van der Waals surface area contributed by atoms with Crippen molar-refractivity contribution in [2.24, 2.45) is 0 Å². The average molecular weight is 146 g/mol. The molecule has 0 saturated heterocycles. The van der Waals surface area contributed by atoms with Crippen molar-refractivity contribution in [2.45, 2.75) is 20.8 Å². The molecular weight excluding hydrogens is 132 g/mol. The van der Waals surface area contributed by atoms with Crippen molar-refractivity contribution in [1.29, 1.82) is 0 Å². The number of aliphatic hydroxyl groups excluding tert-OH is 1. The van der Waals surface area contributed by atoms with E-state index in [0.717, 1.165) is 6.54 Å². The molecule has 0 fully saturated rings. The van der Waals surface area contributed by atoms with E-state index in [-0.39, 0.29) is 5.95 Å². The molecule has 0 amide bonds. The summed E-state index contributed by atoms with van der Waals surface area (Å²) in [6.45, 7) is 6.70. The van der Waals surface area contributed by atoms with Gasteiger partial charge in [-0.05, 0) is 6.92 Å². The zero-order valence-corrected chi connectivity index (χ0v) is 6.59. The summed E-state index contributed by atoms with van der Waals surface area (Å²) in [6.07, 6.45) is 1.47. The van der Waals surface area contributed by atoms with Gasteiger partial charge < -0.3 is 9.94 Å². The topological polar surface area (TPSA) is 44.7 Å².